The largest absolute Gasteiger partial charge is 0.314 e. The Hall–Kier alpha value is -0.900. The van der Waals surface area contributed by atoms with E-state index in [4.69, 9.17) is 0 Å². The van der Waals surface area contributed by atoms with E-state index in [-0.39, 0.29) is 0 Å². The van der Waals surface area contributed by atoms with Crippen LogP contribution in [-0.2, 0) is 12.8 Å². The minimum atomic E-state index is 0.775. The van der Waals surface area contributed by atoms with Crippen LogP contribution < -0.4 is 5.32 Å². The molecule has 0 amide bonds. The van der Waals surface area contributed by atoms with E-state index >= 15 is 0 Å². The summed E-state index contributed by atoms with van der Waals surface area (Å²) in [5.74, 6) is 0. The van der Waals surface area contributed by atoms with Crippen LogP contribution in [0.15, 0.2) is 24.3 Å². The predicted octanol–water partition coefficient (Wildman–Crippen LogP) is 0.743. The molecule has 1 aromatic rings. The Balaban J connectivity index is 1.33. The molecule has 0 spiro atoms. The average molecular weight is 257 g/mol. The number of nitrogens with zero attached hydrogens (tertiary/aromatic N) is 2. The summed E-state index contributed by atoms with van der Waals surface area (Å²) >= 11 is 0. The van der Waals surface area contributed by atoms with Gasteiger partial charge in [0.25, 0.3) is 0 Å². The number of benzene rings is 1. The first-order valence-corrected chi connectivity index (χ1v) is 7.66. The van der Waals surface area contributed by atoms with Gasteiger partial charge in [0.1, 0.15) is 0 Å². The van der Waals surface area contributed by atoms with E-state index in [1.54, 1.807) is 11.1 Å². The molecule has 0 bridgehead atoms. The Morgan fingerprint density at radius 3 is 2.11 bits per heavy atom. The number of fused-ring (bicyclic) bond motifs is 1. The Bertz CT molecular complexity index is 422. The topological polar surface area (TPSA) is 18.5 Å². The Morgan fingerprint density at radius 2 is 1.47 bits per heavy atom. The van der Waals surface area contributed by atoms with Crippen molar-refractivity contribution in [2.24, 2.45) is 0 Å². The maximum absolute atomic E-state index is 3.44. The maximum Gasteiger partial charge on any atom is 0.0351 e. The molecule has 1 aromatic carbocycles. The van der Waals surface area contributed by atoms with Gasteiger partial charge in [-0.2, -0.15) is 0 Å². The molecule has 3 heteroatoms. The molecule has 0 unspecified atom stereocenters. The molecule has 0 radical (unpaired) electrons. The maximum atomic E-state index is 3.44. The van der Waals surface area contributed by atoms with E-state index in [0.717, 1.165) is 12.1 Å². The van der Waals surface area contributed by atoms with Crippen LogP contribution in [0.5, 0.6) is 0 Å². The second-order valence-electron chi connectivity index (χ2n) is 6.22. The summed E-state index contributed by atoms with van der Waals surface area (Å²) in [7, 11) is 0. The van der Waals surface area contributed by atoms with Gasteiger partial charge in [-0.25, -0.2) is 0 Å². The lowest BCUT2D eigenvalue weighted by Gasteiger charge is -2.49. The van der Waals surface area contributed by atoms with Crippen LogP contribution in [0, 0.1) is 0 Å². The van der Waals surface area contributed by atoms with Crippen LogP contribution in [0.3, 0.4) is 0 Å². The molecule has 3 aliphatic rings. The van der Waals surface area contributed by atoms with E-state index in [1.165, 1.54) is 52.1 Å². The van der Waals surface area contributed by atoms with Gasteiger partial charge in [-0.15, -0.1) is 0 Å². The highest BCUT2D eigenvalue weighted by Gasteiger charge is 2.38. The van der Waals surface area contributed by atoms with Crippen LogP contribution in [0.1, 0.15) is 11.1 Å². The lowest BCUT2D eigenvalue weighted by atomic mass is 10.0. The molecule has 4 rings (SSSR count). The molecule has 1 N–H and O–H groups in total. The van der Waals surface area contributed by atoms with Crippen molar-refractivity contribution in [2.75, 3.05) is 39.3 Å². The van der Waals surface area contributed by atoms with E-state index in [0.29, 0.717) is 0 Å². The molecule has 19 heavy (non-hydrogen) atoms. The molecular weight excluding hydrogens is 234 g/mol. The van der Waals surface area contributed by atoms with Crippen LogP contribution >= 0.6 is 0 Å². The minimum Gasteiger partial charge on any atom is -0.314 e. The molecule has 0 aromatic heterocycles. The number of piperazine rings is 1. The minimum absolute atomic E-state index is 0.775. The van der Waals surface area contributed by atoms with Crippen LogP contribution in [-0.4, -0.2) is 61.2 Å². The SMILES string of the molecule is c1ccc2c(c1)CC(N1CC(N3CCNCC3)C1)C2. The summed E-state index contributed by atoms with van der Waals surface area (Å²) < 4.78 is 0. The van der Waals surface area contributed by atoms with Crippen LogP contribution in [0.2, 0.25) is 0 Å². The fourth-order valence-corrected chi connectivity index (χ4v) is 3.86. The van der Waals surface area contributed by atoms with Crippen molar-refractivity contribution < 1.29 is 0 Å². The van der Waals surface area contributed by atoms with Crippen LogP contribution in [0.25, 0.3) is 0 Å². The summed E-state index contributed by atoms with van der Waals surface area (Å²) in [4.78, 5) is 5.38. The highest BCUT2D eigenvalue weighted by atomic mass is 15.3. The molecule has 0 atom stereocenters. The third-order valence-corrected chi connectivity index (χ3v) is 5.10. The standard InChI is InChI=1S/C16H23N3/c1-2-4-14-10-15(9-13(14)3-1)19-11-16(12-19)18-7-5-17-6-8-18/h1-4,15-17H,5-12H2. The fraction of sp³-hybridized carbons (Fsp3) is 0.625. The molecule has 1 aliphatic carbocycles. The van der Waals surface area contributed by atoms with Gasteiger partial charge in [0.2, 0.25) is 0 Å². The van der Waals surface area contributed by atoms with Crippen molar-refractivity contribution in [3.63, 3.8) is 0 Å². The Kier molecular flexibility index (Phi) is 3.06. The number of hydrogen-bond donors (Lipinski definition) is 1. The first-order chi connectivity index (χ1) is 9.40. The van der Waals surface area contributed by atoms with Gasteiger partial charge in [0.05, 0.1) is 0 Å². The molecular formula is C16H23N3. The Labute approximate surface area is 115 Å². The molecule has 0 saturated carbocycles. The van der Waals surface area contributed by atoms with Crippen molar-refractivity contribution in [1.82, 2.24) is 15.1 Å². The number of hydrogen-bond acceptors (Lipinski definition) is 3. The van der Waals surface area contributed by atoms with Gasteiger partial charge in [0, 0.05) is 51.4 Å². The highest BCUT2D eigenvalue weighted by molar-refractivity contribution is 5.33. The number of rotatable bonds is 2. The van der Waals surface area contributed by atoms with Gasteiger partial charge in [-0.05, 0) is 24.0 Å². The number of nitrogens with one attached hydrogen (secondary N) is 1. The molecule has 2 heterocycles. The number of likely N-dealkylation sites (tertiary alicyclic amines) is 1. The van der Waals surface area contributed by atoms with E-state index in [1.807, 2.05) is 0 Å². The zero-order chi connectivity index (χ0) is 12.7. The third-order valence-electron chi connectivity index (χ3n) is 5.10. The van der Waals surface area contributed by atoms with Crippen molar-refractivity contribution in [3.8, 4) is 0 Å². The lowest BCUT2D eigenvalue weighted by molar-refractivity contribution is 0.00215. The van der Waals surface area contributed by atoms with Gasteiger partial charge >= 0.3 is 0 Å². The van der Waals surface area contributed by atoms with E-state index in [9.17, 15) is 0 Å². The van der Waals surface area contributed by atoms with Gasteiger partial charge in [-0.3, -0.25) is 9.80 Å². The monoisotopic (exact) mass is 257 g/mol. The first kappa shape index (κ1) is 11.9. The van der Waals surface area contributed by atoms with E-state index in [2.05, 4.69) is 39.4 Å². The zero-order valence-electron chi connectivity index (χ0n) is 11.5. The zero-order valence-corrected chi connectivity index (χ0v) is 11.5. The summed E-state index contributed by atoms with van der Waals surface area (Å²) in [5, 5.41) is 3.44. The molecule has 3 nitrogen and oxygen atoms in total. The Morgan fingerprint density at radius 1 is 0.842 bits per heavy atom. The highest BCUT2D eigenvalue weighted by Crippen LogP contribution is 2.29. The van der Waals surface area contributed by atoms with Crippen molar-refractivity contribution in [3.05, 3.63) is 35.4 Å². The second kappa shape index (κ2) is 4.89. The quantitative estimate of drug-likeness (QED) is 0.843. The molecule has 2 fully saturated rings. The second-order valence-corrected chi connectivity index (χ2v) is 6.22. The molecule has 2 aliphatic heterocycles. The van der Waals surface area contributed by atoms with E-state index < -0.39 is 0 Å². The predicted molar refractivity (Wildman–Crippen MR) is 77.4 cm³/mol. The lowest BCUT2D eigenvalue weighted by Crippen LogP contribution is -2.64. The summed E-state index contributed by atoms with van der Waals surface area (Å²) in [6, 6.07) is 10.6. The van der Waals surface area contributed by atoms with Gasteiger partial charge in [-0.1, -0.05) is 24.3 Å². The summed E-state index contributed by atoms with van der Waals surface area (Å²) in [6.07, 6.45) is 2.54. The van der Waals surface area contributed by atoms with Crippen LogP contribution in [0.4, 0.5) is 0 Å². The van der Waals surface area contributed by atoms with Crippen molar-refractivity contribution in [1.29, 1.82) is 0 Å². The van der Waals surface area contributed by atoms with Crippen molar-refractivity contribution >= 4 is 0 Å². The fourth-order valence-electron chi connectivity index (χ4n) is 3.86. The summed E-state index contributed by atoms with van der Waals surface area (Å²) in [6.45, 7) is 7.40. The normalized spacial score (nSPS) is 26.3. The van der Waals surface area contributed by atoms with Gasteiger partial charge < -0.3 is 5.32 Å². The van der Waals surface area contributed by atoms with Crippen molar-refractivity contribution in [2.45, 2.75) is 24.9 Å². The first-order valence-electron chi connectivity index (χ1n) is 7.66. The third kappa shape index (κ3) is 2.20. The summed E-state index contributed by atoms with van der Waals surface area (Å²) in [5.41, 5.74) is 3.16. The molecule has 102 valence electrons. The smallest absolute Gasteiger partial charge is 0.0351 e. The average Bonchev–Trinajstić information content (AvgIpc) is 2.81. The van der Waals surface area contributed by atoms with Gasteiger partial charge in [0.15, 0.2) is 0 Å². The molecule has 2 saturated heterocycles.